The summed E-state index contributed by atoms with van der Waals surface area (Å²) in [5, 5.41) is 0. The molecule has 1 aromatic carbocycles. The van der Waals surface area contributed by atoms with Crippen LogP contribution in [-0.4, -0.2) is 18.4 Å². The van der Waals surface area contributed by atoms with E-state index in [1.165, 1.54) is 24.3 Å². The summed E-state index contributed by atoms with van der Waals surface area (Å²) in [4.78, 5) is 8.50. The molecule has 0 aliphatic heterocycles. The van der Waals surface area contributed by atoms with E-state index in [2.05, 4.69) is 21.6 Å². The van der Waals surface area contributed by atoms with Gasteiger partial charge in [-0.25, -0.2) is 23.1 Å². The lowest BCUT2D eigenvalue weighted by molar-refractivity contribution is 0.600. The number of unbranched alkanes of at least 4 members (excludes halogenated alkanes) is 2. The minimum atomic E-state index is -3.71. The molecule has 1 heterocycles. The van der Waals surface area contributed by atoms with Gasteiger partial charge in [0.25, 0.3) is 10.0 Å². The van der Waals surface area contributed by atoms with E-state index in [-0.39, 0.29) is 10.8 Å². The average Bonchev–Trinajstić information content (AvgIpc) is 2.50. The van der Waals surface area contributed by atoms with E-state index in [4.69, 9.17) is 5.73 Å². The highest BCUT2D eigenvalue weighted by atomic mass is 32.2. The summed E-state index contributed by atoms with van der Waals surface area (Å²) in [5.74, 6) is 0.0820. The fraction of sp³-hybridized carbons (Fsp3) is 0.375. The standard InChI is InChI=1S/C16H22N4O2S/c1-3-4-5-6-13-11-18-16(19-12(13)2)20-23(21,22)15-9-7-14(17)8-10-15/h7-11H,3-6,17H2,1-2H3,(H,18,19,20). The smallest absolute Gasteiger partial charge is 0.264 e. The molecule has 0 fully saturated rings. The number of sulfonamides is 1. The van der Waals surface area contributed by atoms with Crippen LogP contribution in [0.3, 0.4) is 0 Å². The molecule has 3 N–H and O–H groups in total. The van der Waals surface area contributed by atoms with E-state index >= 15 is 0 Å². The highest BCUT2D eigenvalue weighted by Gasteiger charge is 2.16. The van der Waals surface area contributed by atoms with Crippen LogP contribution in [0.25, 0.3) is 0 Å². The number of hydrogen-bond acceptors (Lipinski definition) is 5. The van der Waals surface area contributed by atoms with Gasteiger partial charge in [0.2, 0.25) is 5.95 Å². The predicted octanol–water partition coefficient (Wildman–Crippen LogP) is 2.90. The number of hydrogen-bond donors (Lipinski definition) is 2. The molecular weight excluding hydrogens is 312 g/mol. The second-order valence-electron chi connectivity index (χ2n) is 5.44. The summed E-state index contributed by atoms with van der Waals surface area (Å²) in [6, 6.07) is 5.97. The van der Waals surface area contributed by atoms with Crippen LogP contribution in [0, 0.1) is 6.92 Å². The highest BCUT2D eigenvalue weighted by Crippen LogP contribution is 2.16. The summed E-state index contributed by atoms with van der Waals surface area (Å²) in [7, 11) is -3.71. The molecule has 2 aromatic rings. The summed E-state index contributed by atoms with van der Waals surface area (Å²) in [6.07, 6.45) is 5.99. The van der Waals surface area contributed by atoms with Crippen molar-refractivity contribution in [1.29, 1.82) is 0 Å². The number of nitrogen functional groups attached to an aromatic ring is 1. The van der Waals surface area contributed by atoms with Crippen molar-refractivity contribution in [3.05, 3.63) is 41.7 Å². The molecule has 0 unspecified atom stereocenters. The van der Waals surface area contributed by atoms with E-state index < -0.39 is 10.0 Å². The molecule has 0 bridgehead atoms. The van der Waals surface area contributed by atoms with Gasteiger partial charge in [-0.3, -0.25) is 0 Å². The molecule has 7 heteroatoms. The lowest BCUT2D eigenvalue weighted by Gasteiger charge is -2.09. The second-order valence-corrected chi connectivity index (χ2v) is 7.12. The first-order valence-corrected chi connectivity index (χ1v) is 9.11. The van der Waals surface area contributed by atoms with Crippen molar-refractivity contribution in [2.75, 3.05) is 10.5 Å². The molecule has 0 saturated heterocycles. The fourth-order valence-electron chi connectivity index (χ4n) is 2.18. The Kier molecular flexibility index (Phi) is 5.54. The van der Waals surface area contributed by atoms with Gasteiger partial charge in [0, 0.05) is 17.6 Å². The summed E-state index contributed by atoms with van der Waals surface area (Å²) < 4.78 is 27.0. The minimum absolute atomic E-state index is 0.0820. The third-order valence-corrected chi connectivity index (χ3v) is 4.89. The number of aryl methyl sites for hydroxylation is 2. The predicted molar refractivity (Wildman–Crippen MR) is 91.7 cm³/mol. The first kappa shape index (κ1) is 17.2. The van der Waals surface area contributed by atoms with Crippen molar-refractivity contribution >= 4 is 21.7 Å². The maximum atomic E-state index is 12.3. The van der Waals surface area contributed by atoms with Crippen LogP contribution in [0.1, 0.15) is 37.4 Å². The third kappa shape index (κ3) is 4.66. The van der Waals surface area contributed by atoms with Gasteiger partial charge in [-0.2, -0.15) is 0 Å². The topological polar surface area (TPSA) is 98.0 Å². The van der Waals surface area contributed by atoms with E-state index in [1.807, 2.05) is 6.92 Å². The number of nitrogens with one attached hydrogen (secondary N) is 1. The zero-order valence-electron chi connectivity index (χ0n) is 13.4. The van der Waals surface area contributed by atoms with Gasteiger partial charge in [-0.1, -0.05) is 19.8 Å². The SMILES string of the molecule is CCCCCc1cnc(NS(=O)(=O)c2ccc(N)cc2)nc1C. The van der Waals surface area contributed by atoms with Crippen molar-refractivity contribution in [2.24, 2.45) is 0 Å². The Labute approximate surface area is 137 Å². The van der Waals surface area contributed by atoms with Gasteiger partial charge < -0.3 is 5.73 Å². The molecule has 6 nitrogen and oxygen atoms in total. The Balaban J connectivity index is 2.13. The Bertz CT molecular complexity index is 758. The van der Waals surface area contributed by atoms with Gasteiger partial charge in [-0.05, 0) is 49.6 Å². The van der Waals surface area contributed by atoms with Crippen molar-refractivity contribution in [3.8, 4) is 0 Å². The Hall–Kier alpha value is -2.15. The number of benzene rings is 1. The first-order valence-electron chi connectivity index (χ1n) is 7.63. The molecule has 0 amide bonds. The van der Waals surface area contributed by atoms with Crippen molar-refractivity contribution in [2.45, 2.75) is 44.4 Å². The fourth-order valence-corrected chi connectivity index (χ4v) is 3.13. The van der Waals surface area contributed by atoms with Crippen LogP contribution in [0.2, 0.25) is 0 Å². The molecule has 2 rings (SSSR count). The van der Waals surface area contributed by atoms with Crippen LogP contribution >= 0.6 is 0 Å². The largest absolute Gasteiger partial charge is 0.399 e. The van der Waals surface area contributed by atoms with Gasteiger partial charge in [-0.15, -0.1) is 0 Å². The van der Waals surface area contributed by atoms with Crippen molar-refractivity contribution in [1.82, 2.24) is 9.97 Å². The van der Waals surface area contributed by atoms with Gasteiger partial charge in [0.05, 0.1) is 4.90 Å². The molecule has 0 aliphatic carbocycles. The Morgan fingerprint density at radius 1 is 1.17 bits per heavy atom. The van der Waals surface area contributed by atoms with Crippen molar-refractivity contribution in [3.63, 3.8) is 0 Å². The van der Waals surface area contributed by atoms with Crippen LogP contribution in [-0.2, 0) is 16.4 Å². The number of aromatic nitrogens is 2. The number of nitrogens with zero attached hydrogens (tertiary/aromatic N) is 2. The molecule has 124 valence electrons. The quantitative estimate of drug-likeness (QED) is 0.599. The normalized spacial score (nSPS) is 11.4. The molecule has 0 atom stereocenters. The molecule has 0 radical (unpaired) electrons. The Morgan fingerprint density at radius 3 is 2.48 bits per heavy atom. The van der Waals surface area contributed by atoms with Gasteiger partial charge in [0.15, 0.2) is 0 Å². The summed E-state index contributed by atoms with van der Waals surface area (Å²) in [5.41, 5.74) is 7.92. The minimum Gasteiger partial charge on any atom is -0.399 e. The maximum absolute atomic E-state index is 12.3. The summed E-state index contributed by atoms with van der Waals surface area (Å²) in [6.45, 7) is 4.02. The monoisotopic (exact) mass is 334 g/mol. The number of nitrogens with two attached hydrogens (primary N) is 1. The molecule has 0 spiro atoms. The number of anilines is 2. The zero-order valence-corrected chi connectivity index (χ0v) is 14.2. The average molecular weight is 334 g/mol. The van der Waals surface area contributed by atoms with Crippen LogP contribution in [0.5, 0.6) is 0 Å². The third-order valence-electron chi connectivity index (χ3n) is 3.55. The van der Waals surface area contributed by atoms with Crippen LogP contribution in [0.15, 0.2) is 35.4 Å². The molecule has 0 aliphatic rings. The lowest BCUT2D eigenvalue weighted by Crippen LogP contribution is -2.15. The van der Waals surface area contributed by atoms with E-state index in [1.54, 1.807) is 6.20 Å². The molecule has 23 heavy (non-hydrogen) atoms. The molecule has 0 saturated carbocycles. The Morgan fingerprint density at radius 2 is 1.87 bits per heavy atom. The highest BCUT2D eigenvalue weighted by molar-refractivity contribution is 7.92. The van der Waals surface area contributed by atoms with E-state index in [9.17, 15) is 8.42 Å². The molecule has 1 aromatic heterocycles. The van der Waals surface area contributed by atoms with Crippen molar-refractivity contribution < 1.29 is 8.42 Å². The lowest BCUT2D eigenvalue weighted by atomic mass is 10.1. The first-order chi connectivity index (χ1) is 10.9. The summed E-state index contributed by atoms with van der Waals surface area (Å²) >= 11 is 0. The van der Waals surface area contributed by atoms with E-state index in [0.717, 1.165) is 36.9 Å². The van der Waals surface area contributed by atoms with Crippen LogP contribution in [0.4, 0.5) is 11.6 Å². The maximum Gasteiger partial charge on any atom is 0.264 e. The number of rotatable bonds is 7. The second kappa shape index (κ2) is 7.41. The van der Waals surface area contributed by atoms with E-state index in [0.29, 0.717) is 5.69 Å². The van der Waals surface area contributed by atoms with Crippen LogP contribution < -0.4 is 10.5 Å². The zero-order chi connectivity index (χ0) is 16.9. The van der Waals surface area contributed by atoms with Gasteiger partial charge >= 0.3 is 0 Å². The molecular formula is C16H22N4O2S. The van der Waals surface area contributed by atoms with Gasteiger partial charge in [0.1, 0.15) is 0 Å².